The normalized spacial score (nSPS) is 14.0. The van der Waals surface area contributed by atoms with Crippen molar-refractivity contribution >= 4 is 67.0 Å². The molecule has 15 heteroatoms. The average Bonchev–Trinajstić information content (AvgIpc) is 3.10. The van der Waals surface area contributed by atoms with Crippen LogP contribution in [0.5, 0.6) is 5.75 Å². The van der Waals surface area contributed by atoms with E-state index < -0.39 is 24.0 Å². The van der Waals surface area contributed by atoms with Crippen LogP contribution in [0.25, 0.3) is 0 Å². The summed E-state index contributed by atoms with van der Waals surface area (Å²) < 4.78 is 0.848. The number of nitrogens with one attached hydrogen (secondary N) is 4. The smallest absolute Gasteiger partial charge is 0.315 e. The second-order valence-electron chi connectivity index (χ2n) is 12.1. The second kappa shape index (κ2) is 19.3. The minimum atomic E-state index is -1.05. The number of urea groups is 1. The average molecular weight is 817 g/mol. The molecule has 1 aliphatic rings. The highest BCUT2D eigenvalue weighted by Crippen LogP contribution is 2.33. The number of halogens is 2. The van der Waals surface area contributed by atoms with Gasteiger partial charge >= 0.3 is 6.03 Å². The molecule has 0 aliphatic carbocycles. The first-order chi connectivity index (χ1) is 24.0. The number of phenolic OH excluding ortho intramolecular Hbond substituents is 1. The molecule has 7 N–H and O–H groups in total. The summed E-state index contributed by atoms with van der Waals surface area (Å²) in [5.74, 6) is -0.851. The first kappa shape index (κ1) is 38.6. The SMILES string of the molecule is CC(=O)Nc1cccc(CCNC(=O)N[C@H](Cc2cc(Br)c(O)c(Br)c2)C(=O)N[C@@H](CCCCN)C(=O)N2CCN(c3ccncc3)CC2)c1. The molecule has 0 unspecified atom stereocenters. The molecule has 1 saturated heterocycles. The minimum absolute atomic E-state index is 0.0117. The van der Waals surface area contributed by atoms with Gasteiger partial charge in [-0.25, -0.2) is 4.79 Å². The fourth-order valence-corrected chi connectivity index (χ4v) is 6.98. The molecule has 2 aromatic carbocycles. The number of hydrogen-bond acceptors (Lipinski definition) is 8. The van der Waals surface area contributed by atoms with Crippen LogP contribution < -0.4 is 31.9 Å². The number of phenols is 1. The van der Waals surface area contributed by atoms with Crippen molar-refractivity contribution < 1.29 is 24.3 Å². The maximum absolute atomic E-state index is 13.9. The molecule has 0 saturated carbocycles. The van der Waals surface area contributed by atoms with Crippen LogP contribution in [-0.2, 0) is 27.2 Å². The second-order valence-corrected chi connectivity index (χ2v) is 13.8. The summed E-state index contributed by atoms with van der Waals surface area (Å²) in [5, 5.41) is 21.5. The highest BCUT2D eigenvalue weighted by molar-refractivity contribution is 9.11. The Labute approximate surface area is 309 Å². The number of unbranched alkanes of at least 4 members (excludes halogenated alkanes) is 1. The van der Waals surface area contributed by atoms with Gasteiger partial charge in [-0.05, 0) is 112 Å². The van der Waals surface area contributed by atoms with Gasteiger partial charge in [0.05, 0.1) is 8.95 Å². The number of carbonyl (C=O) groups excluding carboxylic acids is 4. The van der Waals surface area contributed by atoms with Gasteiger partial charge in [0.25, 0.3) is 0 Å². The first-order valence-corrected chi connectivity index (χ1v) is 18.1. The highest BCUT2D eigenvalue weighted by Gasteiger charge is 2.31. The molecule has 0 radical (unpaired) electrons. The van der Waals surface area contributed by atoms with Crippen LogP contribution in [0.1, 0.15) is 37.3 Å². The summed E-state index contributed by atoms with van der Waals surface area (Å²) in [6, 6.07) is 12.1. The summed E-state index contributed by atoms with van der Waals surface area (Å²) >= 11 is 6.67. The molecular formula is C35H44Br2N8O5. The fourth-order valence-electron chi connectivity index (χ4n) is 5.70. The maximum atomic E-state index is 13.9. The van der Waals surface area contributed by atoms with Gasteiger partial charge in [-0.3, -0.25) is 19.4 Å². The molecule has 1 aliphatic heterocycles. The van der Waals surface area contributed by atoms with E-state index in [1.54, 1.807) is 35.5 Å². The molecule has 13 nitrogen and oxygen atoms in total. The van der Waals surface area contributed by atoms with Crippen molar-refractivity contribution in [2.45, 2.75) is 51.1 Å². The molecule has 2 heterocycles. The highest BCUT2D eigenvalue weighted by atomic mass is 79.9. The van der Waals surface area contributed by atoms with Crippen molar-refractivity contribution in [1.29, 1.82) is 0 Å². The Balaban J connectivity index is 1.44. The molecule has 3 aromatic rings. The quantitative estimate of drug-likeness (QED) is 0.126. The molecule has 2 atom stereocenters. The number of rotatable bonds is 15. The Kier molecular flexibility index (Phi) is 14.9. The molecule has 1 fully saturated rings. The summed E-state index contributed by atoms with van der Waals surface area (Å²) in [4.78, 5) is 60.4. The lowest BCUT2D eigenvalue weighted by atomic mass is 10.0. The molecular weight excluding hydrogens is 772 g/mol. The van der Waals surface area contributed by atoms with E-state index in [4.69, 9.17) is 5.73 Å². The maximum Gasteiger partial charge on any atom is 0.315 e. The summed E-state index contributed by atoms with van der Waals surface area (Å²) in [6.45, 7) is 4.45. The van der Waals surface area contributed by atoms with Crippen LogP contribution in [-0.4, -0.2) is 90.1 Å². The van der Waals surface area contributed by atoms with Gasteiger partial charge in [0.2, 0.25) is 17.7 Å². The standard InChI is InChI=1S/C35H44Br2N8O5/c1-23(46)41-26-6-4-5-24(19-26)8-14-40-35(50)43-31(22-25-20-28(36)32(47)29(37)21-25)33(48)42-30(7-2-3-11-38)34(49)45-17-15-44(16-18-45)27-9-12-39-13-10-27/h4-6,9-10,12-13,19-21,30-31,47H,2-3,7-8,11,14-18,22,38H2,1H3,(H,41,46)(H,42,48)(H2,40,43,50)/t30-,31+/m0/s1. The fraction of sp³-hybridized carbons (Fsp3) is 0.400. The Morgan fingerprint density at radius 3 is 2.28 bits per heavy atom. The molecule has 268 valence electrons. The van der Waals surface area contributed by atoms with E-state index in [2.05, 4.69) is 63.0 Å². The topological polar surface area (TPSA) is 182 Å². The van der Waals surface area contributed by atoms with Gasteiger partial charge in [-0.1, -0.05) is 12.1 Å². The predicted molar refractivity (Wildman–Crippen MR) is 200 cm³/mol. The lowest BCUT2D eigenvalue weighted by Crippen LogP contribution is -2.58. The van der Waals surface area contributed by atoms with Crippen molar-refractivity contribution in [3.05, 3.63) is 81.0 Å². The summed E-state index contributed by atoms with van der Waals surface area (Å²) in [5.41, 5.74) is 9.01. The summed E-state index contributed by atoms with van der Waals surface area (Å²) in [6.07, 6.45) is 5.80. The van der Waals surface area contributed by atoms with Gasteiger partial charge < -0.3 is 41.9 Å². The van der Waals surface area contributed by atoms with E-state index in [9.17, 15) is 24.3 Å². The predicted octanol–water partition coefficient (Wildman–Crippen LogP) is 3.69. The van der Waals surface area contributed by atoms with E-state index in [1.165, 1.54) is 6.92 Å². The lowest BCUT2D eigenvalue weighted by molar-refractivity contribution is -0.137. The van der Waals surface area contributed by atoms with E-state index in [0.717, 1.165) is 11.3 Å². The van der Waals surface area contributed by atoms with Gasteiger partial charge in [-0.2, -0.15) is 0 Å². The number of aromatic hydroxyl groups is 1. The number of nitrogens with zero attached hydrogens (tertiary/aromatic N) is 3. The van der Waals surface area contributed by atoms with Gasteiger partial charge in [-0.15, -0.1) is 0 Å². The molecule has 1 aromatic heterocycles. The van der Waals surface area contributed by atoms with Crippen LogP contribution in [0.4, 0.5) is 16.2 Å². The third kappa shape index (κ3) is 11.7. The number of nitrogens with two attached hydrogens (primary N) is 1. The van der Waals surface area contributed by atoms with E-state index in [0.29, 0.717) is 78.6 Å². The van der Waals surface area contributed by atoms with Crippen LogP contribution in [0, 0.1) is 0 Å². The molecule has 0 bridgehead atoms. The van der Waals surface area contributed by atoms with Crippen molar-refractivity contribution in [3.63, 3.8) is 0 Å². The largest absolute Gasteiger partial charge is 0.506 e. The zero-order valence-corrected chi connectivity index (χ0v) is 31.1. The number of benzene rings is 2. The van der Waals surface area contributed by atoms with Gasteiger partial charge in [0.15, 0.2) is 0 Å². The Bertz CT molecular complexity index is 1600. The zero-order chi connectivity index (χ0) is 36.0. The van der Waals surface area contributed by atoms with Gasteiger partial charge in [0.1, 0.15) is 17.8 Å². The molecule has 0 spiro atoms. The van der Waals surface area contributed by atoms with E-state index >= 15 is 0 Å². The molecule has 4 rings (SSSR count). The number of hydrogen-bond donors (Lipinski definition) is 6. The number of aromatic nitrogens is 1. The van der Waals surface area contributed by atoms with E-state index in [-0.39, 0.29) is 30.5 Å². The zero-order valence-electron chi connectivity index (χ0n) is 28.0. The van der Waals surface area contributed by atoms with E-state index in [1.807, 2.05) is 30.3 Å². The Hall–Kier alpha value is -4.21. The minimum Gasteiger partial charge on any atom is -0.506 e. The first-order valence-electron chi connectivity index (χ1n) is 16.6. The van der Waals surface area contributed by atoms with Crippen molar-refractivity contribution in [1.82, 2.24) is 25.8 Å². The molecule has 50 heavy (non-hydrogen) atoms. The number of pyridine rings is 1. The summed E-state index contributed by atoms with van der Waals surface area (Å²) in [7, 11) is 0. The lowest BCUT2D eigenvalue weighted by Gasteiger charge is -2.37. The number of anilines is 2. The number of piperazine rings is 1. The van der Waals surface area contributed by atoms with Gasteiger partial charge in [0, 0.05) is 69.8 Å². The third-order valence-corrected chi connectivity index (χ3v) is 9.47. The van der Waals surface area contributed by atoms with Crippen molar-refractivity contribution in [3.8, 4) is 5.75 Å². The number of carbonyl (C=O) groups is 4. The van der Waals surface area contributed by atoms with Crippen LogP contribution in [0.3, 0.4) is 0 Å². The van der Waals surface area contributed by atoms with Crippen LogP contribution in [0.2, 0.25) is 0 Å². The Morgan fingerprint density at radius 1 is 0.920 bits per heavy atom. The van der Waals surface area contributed by atoms with Crippen molar-refractivity contribution in [2.24, 2.45) is 5.73 Å². The van der Waals surface area contributed by atoms with Crippen LogP contribution in [0.15, 0.2) is 69.9 Å². The Morgan fingerprint density at radius 2 is 1.62 bits per heavy atom. The monoisotopic (exact) mass is 814 g/mol. The van der Waals surface area contributed by atoms with Crippen molar-refractivity contribution in [2.75, 3.05) is 49.5 Å². The van der Waals surface area contributed by atoms with Crippen LogP contribution >= 0.6 is 31.9 Å². The number of amides is 5. The molecule has 5 amide bonds. The third-order valence-electron chi connectivity index (χ3n) is 8.27.